The van der Waals surface area contributed by atoms with Crippen LogP contribution in [0.3, 0.4) is 0 Å². The first kappa shape index (κ1) is 15.8. The number of nitrogens with one attached hydrogen (secondary N) is 1. The van der Waals surface area contributed by atoms with Crippen molar-refractivity contribution in [2.75, 3.05) is 11.4 Å². The minimum absolute atomic E-state index is 0.0579. The van der Waals surface area contributed by atoms with Crippen LogP contribution in [0.25, 0.3) is 0 Å². The Morgan fingerprint density at radius 2 is 2.19 bits per heavy atom. The van der Waals surface area contributed by atoms with Gasteiger partial charge in [0, 0.05) is 24.3 Å². The van der Waals surface area contributed by atoms with Crippen molar-refractivity contribution in [3.63, 3.8) is 0 Å². The van der Waals surface area contributed by atoms with Crippen molar-refractivity contribution < 1.29 is 9.18 Å². The fourth-order valence-electron chi connectivity index (χ4n) is 2.69. The van der Waals surface area contributed by atoms with E-state index >= 15 is 0 Å². The summed E-state index contributed by atoms with van der Waals surface area (Å²) >= 11 is 0. The lowest BCUT2D eigenvalue weighted by Gasteiger charge is -2.28. The quantitative estimate of drug-likeness (QED) is 0.894. The van der Waals surface area contributed by atoms with E-state index < -0.39 is 0 Å². The Kier molecular flexibility index (Phi) is 4.52. The van der Waals surface area contributed by atoms with E-state index in [1.807, 2.05) is 4.90 Å². The van der Waals surface area contributed by atoms with Crippen molar-refractivity contribution in [2.24, 2.45) is 5.73 Å². The average molecular weight is 293 g/mol. The summed E-state index contributed by atoms with van der Waals surface area (Å²) < 4.78 is 13.6. The molecule has 0 bridgehead atoms. The van der Waals surface area contributed by atoms with Crippen molar-refractivity contribution in [1.29, 1.82) is 0 Å². The Labute approximate surface area is 125 Å². The first-order chi connectivity index (χ1) is 9.78. The summed E-state index contributed by atoms with van der Waals surface area (Å²) in [5.74, 6) is -0.578. The van der Waals surface area contributed by atoms with Crippen LogP contribution in [0, 0.1) is 5.82 Å². The summed E-state index contributed by atoms with van der Waals surface area (Å²) in [7, 11) is 0. The van der Waals surface area contributed by atoms with Crippen molar-refractivity contribution in [1.82, 2.24) is 5.32 Å². The highest BCUT2D eigenvalue weighted by molar-refractivity contribution is 5.84. The molecule has 5 heteroatoms. The molecule has 1 aliphatic heterocycles. The Balaban J connectivity index is 2.28. The molecule has 0 radical (unpaired) electrons. The van der Waals surface area contributed by atoms with E-state index in [1.54, 1.807) is 6.07 Å². The average Bonchev–Trinajstić information content (AvgIpc) is 2.84. The molecule has 4 nitrogen and oxygen atoms in total. The SMILES string of the molecule is CC(C)(C)NCc1cc(F)ccc1N1CCCC1C(N)=O. The van der Waals surface area contributed by atoms with Crippen LogP contribution in [0.15, 0.2) is 18.2 Å². The number of hydrogen-bond donors (Lipinski definition) is 2. The molecule has 1 atom stereocenters. The number of halogens is 1. The van der Waals surface area contributed by atoms with Gasteiger partial charge in [0.15, 0.2) is 0 Å². The molecule has 1 saturated heterocycles. The van der Waals surface area contributed by atoms with E-state index in [1.165, 1.54) is 12.1 Å². The minimum Gasteiger partial charge on any atom is -0.368 e. The predicted octanol–water partition coefficient (Wildman–Crippen LogP) is 2.17. The van der Waals surface area contributed by atoms with Crippen molar-refractivity contribution in [2.45, 2.75) is 51.7 Å². The van der Waals surface area contributed by atoms with Crippen LogP contribution in [0.1, 0.15) is 39.2 Å². The van der Waals surface area contributed by atoms with Crippen LogP contribution >= 0.6 is 0 Å². The van der Waals surface area contributed by atoms with E-state index in [0.29, 0.717) is 6.54 Å². The Morgan fingerprint density at radius 1 is 1.48 bits per heavy atom. The van der Waals surface area contributed by atoms with Crippen LogP contribution < -0.4 is 16.0 Å². The molecule has 0 aliphatic carbocycles. The maximum Gasteiger partial charge on any atom is 0.240 e. The van der Waals surface area contributed by atoms with E-state index in [2.05, 4.69) is 26.1 Å². The lowest BCUT2D eigenvalue weighted by atomic mass is 10.1. The van der Waals surface area contributed by atoms with Gasteiger partial charge < -0.3 is 16.0 Å². The molecule has 1 fully saturated rings. The molecule has 1 aromatic carbocycles. The number of rotatable bonds is 4. The highest BCUT2D eigenvalue weighted by atomic mass is 19.1. The molecule has 1 amide bonds. The molecule has 1 aromatic rings. The molecule has 0 spiro atoms. The molecule has 3 N–H and O–H groups in total. The summed E-state index contributed by atoms with van der Waals surface area (Å²) in [5.41, 5.74) is 7.18. The number of hydrogen-bond acceptors (Lipinski definition) is 3. The number of anilines is 1. The van der Waals surface area contributed by atoms with Gasteiger partial charge in [0.2, 0.25) is 5.91 Å². The number of primary amides is 1. The van der Waals surface area contributed by atoms with Gasteiger partial charge in [0.25, 0.3) is 0 Å². The number of nitrogens with zero attached hydrogens (tertiary/aromatic N) is 1. The second-order valence-corrected chi connectivity index (χ2v) is 6.63. The fraction of sp³-hybridized carbons (Fsp3) is 0.562. The highest BCUT2D eigenvalue weighted by Crippen LogP contribution is 2.29. The molecule has 0 saturated carbocycles. The van der Waals surface area contributed by atoms with Gasteiger partial charge in [0.1, 0.15) is 11.9 Å². The maximum atomic E-state index is 13.6. The summed E-state index contributed by atoms with van der Waals surface area (Å²) in [5, 5.41) is 3.36. The predicted molar refractivity (Wildman–Crippen MR) is 82.6 cm³/mol. The molecule has 1 aliphatic rings. The summed E-state index contributed by atoms with van der Waals surface area (Å²) in [6.45, 7) is 7.52. The van der Waals surface area contributed by atoms with Gasteiger partial charge in [0.05, 0.1) is 0 Å². The van der Waals surface area contributed by atoms with Crippen molar-refractivity contribution >= 4 is 11.6 Å². The number of nitrogens with two attached hydrogens (primary N) is 1. The molecule has 21 heavy (non-hydrogen) atoms. The first-order valence-corrected chi connectivity index (χ1v) is 7.37. The standard InChI is InChI=1S/C16H24FN3O/c1-16(2,3)19-10-11-9-12(17)6-7-13(11)20-8-4-5-14(20)15(18)21/h6-7,9,14,19H,4-5,8,10H2,1-3H3,(H2,18,21). The van der Waals surface area contributed by atoms with Crippen LogP contribution in [-0.2, 0) is 11.3 Å². The van der Waals surface area contributed by atoms with Crippen LogP contribution in [0.2, 0.25) is 0 Å². The van der Waals surface area contributed by atoms with Gasteiger partial charge in [-0.15, -0.1) is 0 Å². The van der Waals surface area contributed by atoms with E-state index in [4.69, 9.17) is 5.73 Å². The van der Waals surface area contributed by atoms with Crippen LogP contribution in [-0.4, -0.2) is 24.0 Å². The highest BCUT2D eigenvalue weighted by Gasteiger charge is 2.30. The topological polar surface area (TPSA) is 58.4 Å². The van der Waals surface area contributed by atoms with Crippen LogP contribution in [0.5, 0.6) is 0 Å². The first-order valence-electron chi connectivity index (χ1n) is 7.37. The smallest absolute Gasteiger partial charge is 0.240 e. The van der Waals surface area contributed by atoms with Crippen molar-refractivity contribution in [3.05, 3.63) is 29.6 Å². The third-order valence-electron chi connectivity index (χ3n) is 3.74. The Bertz CT molecular complexity index is 525. The van der Waals surface area contributed by atoms with Crippen molar-refractivity contribution in [3.8, 4) is 0 Å². The molecule has 1 unspecified atom stereocenters. The zero-order valence-electron chi connectivity index (χ0n) is 12.9. The van der Waals surface area contributed by atoms with Gasteiger partial charge in [-0.05, 0) is 57.4 Å². The Morgan fingerprint density at radius 3 is 2.81 bits per heavy atom. The minimum atomic E-state index is -0.313. The monoisotopic (exact) mass is 293 g/mol. The molecule has 116 valence electrons. The van der Waals surface area contributed by atoms with Crippen LogP contribution in [0.4, 0.5) is 10.1 Å². The largest absolute Gasteiger partial charge is 0.368 e. The second-order valence-electron chi connectivity index (χ2n) is 6.63. The molecular weight excluding hydrogens is 269 g/mol. The zero-order chi connectivity index (χ0) is 15.6. The number of carbonyl (C=O) groups is 1. The second kappa shape index (κ2) is 6.02. The van der Waals surface area contributed by atoms with E-state index in [9.17, 15) is 9.18 Å². The lowest BCUT2D eigenvalue weighted by Crippen LogP contribution is -2.41. The number of carbonyl (C=O) groups excluding carboxylic acids is 1. The fourth-order valence-corrected chi connectivity index (χ4v) is 2.69. The Hall–Kier alpha value is -1.62. The van der Waals surface area contributed by atoms with Gasteiger partial charge >= 0.3 is 0 Å². The number of benzene rings is 1. The molecular formula is C16H24FN3O. The summed E-state index contributed by atoms with van der Waals surface area (Å²) in [4.78, 5) is 13.6. The van der Waals surface area contributed by atoms with Gasteiger partial charge in [-0.3, -0.25) is 4.79 Å². The third kappa shape index (κ3) is 3.94. The molecule has 0 aromatic heterocycles. The third-order valence-corrected chi connectivity index (χ3v) is 3.74. The normalized spacial score (nSPS) is 19.0. The zero-order valence-corrected chi connectivity index (χ0v) is 12.9. The van der Waals surface area contributed by atoms with Gasteiger partial charge in [-0.2, -0.15) is 0 Å². The maximum absolute atomic E-state index is 13.6. The summed E-state index contributed by atoms with van der Waals surface area (Å²) in [6, 6.07) is 4.43. The van der Waals surface area contributed by atoms with E-state index in [0.717, 1.165) is 30.6 Å². The van der Waals surface area contributed by atoms with Gasteiger partial charge in [-0.1, -0.05) is 0 Å². The molecule has 1 heterocycles. The lowest BCUT2D eigenvalue weighted by molar-refractivity contribution is -0.119. The number of amides is 1. The molecule has 2 rings (SSSR count). The van der Waals surface area contributed by atoms with Gasteiger partial charge in [-0.25, -0.2) is 4.39 Å². The van der Waals surface area contributed by atoms with E-state index in [-0.39, 0.29) is 23.3 Å². The summed E-state index contributed by atoms with van der Waals surface area (Å²) in [6.07, 6.45) is 1.69.